The van der Waals surface area contributed by atoms with Crippen LogP contribution in [0.4, 0.5) is 17.3 Å². The number of likely N-dealkylation sites (N-methyl/N-ethyl adjacent to an activating group) is 1. The molecule has 9 nitrogen and oxygen atoms in total. The van der Waals surface area contributed by atoms with Crippen LogP contribution in [-0.4, -0.2) is 72.3 Å². The lowest BCUT2D eigenvalue weighted by molar-refractivity contribution is -0.383. The van der Waals surface area contributed by atoms with Crippen LogP contribution in [0.2, 0.25) is 0 Å². The molecule has 2 rings (SSSR count). The Labute approximate surface area is 135 Å². The van der Waals surface area contributed by atoms with Gasteiger partial charge in [0, 0.05) is 39.3 Å². The second-order valence-electron chi connectivity index (χ2n) is 5.57. The van der Waals surface area contributed by atoms with Gasteiger partial charge in [-0.15, -0.1) is 0 Å². The van der Waals surface area contributed by atoms with Crippen molar-refractivity contribution in [2.45, 2.75) is 19.9 Å². The van der Waals surface area contributed by atoms with Crippen molar-refractivity contribution in [3.8, 4) is 0 Å². The highest BCUT2D eigenvalue weighted by Gasteiger charge is 2.29. The van der Waals surface area contributed by atoms with Crippen LogP contribution < -0.4 is 10.2 Å². The number of nitrogens with zero attached hydrogens (tertiary/aromatic N) is 5. The van der Waals surface area contributed by atoms with Gasteiger partial charge in [0.05, 0.1) is 11.5 Å². The Morgan fingerprint density at radius 1 is 1.39 bits per heavy atom. The highest BCUT2D eigenvalue weighted by molar-refractivity contribution is 5.70. The molecule has 23 heavy (non-hydrogen) atoms. The molecule has 1 aromatic heterocycles. The predicted octanol–water partition coefficient (Wildman–Crippen LogP) is 0.973. The van der Waals surface area contributed by atoms with Crippen molar-refractivity contribution >= 4 is 17.3 Å². The van der Waals surface area contributed by atoms with E-state index in [-0.39, 0.29) is 17.5 Å². The Hall–Kier alpha value is -2.00. The van der Waals surface area contributed by atoms with E-state index in [1.807, 2.05) is 11.8 Å². The third-order valence-electron chi connectivity index (χ3n) is 3.90. The first kappa shape index (κ1) is 17.4. The fraction of sp³-hybridized carbons (Fsp3) is 0.714. The molecular formula is C14H24N6O3. The molecule has 1 aliphatic rings. The normalized spacial score (nSPS) is 17.1. The summed E-state index contributed by atoms with van der Waals surface area (Å²) in [5.74, 6) is 0.621. The molecule has 0 bridgehead atoms. The van der Waals surface area contributed by atoms with Gasteiger partial charge in [0.15, 0.2) is 0 Å². The zero-order valence-corrected chi connectivity index (χ0v) is 13.9. The highest BCUT2D eigenvalue weighted by Crippen LogP contribution is 2.32. The summed E-state index contributed by atoms with van der Waals surface area (Å²) < 4.78 is 5.06. The maximum Gasteiger partial charge on any atom is 0.353 e. The van der Waals surface area contributed by atoms with Crippen LogP contribution in [0, 0.1) is 10.1 Å². The summed E-state index contributed by atoms with van der Waals surface area (Å²) in [5, 5.41) is 14.6. The molecule has 1 fully saturated rings. The van der Waals surface area contributed by atoms with E-state index in [0.717, 1.165) is 32.7 Å². The first-order valence-corrected chi connectivity index (χ1v) is 7.79. The molecule has 0 aromatic carbocycles. The summed E-state index contributed by atoms with van der Waals surface area (Å²) in [7, 11) is 1.59. The molecule has 1 aromatic rings. The van der Waals surface area contributed by atoms with Crippen molar-refractivity contribution in [1.82, 2.24) is 14.9 Å². The van der Waals surface area contributed by atoms with Crippen molar-refractivity contribution in [3.63, 3.8) is 0 Å². The lowest BCUT2D eigenvalue weighted by Gasteiger charge is -2.34. The summed E-state index contributed by atoms with van der Waals surface area (Å²) in [6.45, 7) is 8.61. The van der Waals surface area contributed by atoms with Crippen molar-refractivity contribution in [2.24, 2.45) is 0 Å². The minimum absolute atomic E-state index is 0.0691. The molecule has 0 amide bonds. The standard InChI is InChI=1S/C14H24N6O3/c1-4-18-5-7-19(8-6-18)14-12(20(21)22)13(15-10-16-14)17-11(2)9-23-3/h10-11H,4-9H2,1-3H3,(H,15,16,17). The quantitative estimate of drug-likeness (QED) is 0.585. The number of hydrogen-bond acceptors (Lipinski definition) is 8. The maximum atomic E-state index is 11.6. The van der Waals surface area contributed by atoms with E-state index in [1.165, 1.54) is 6.33 Å². The van der Waals surface area contributed by atoms with Crippen LogP contribution in [0.1, 0.15) is 13.8 Å². The van der Waals surface area contributed by atoms with Crippen LogP contribution in [0.5, 0.6) is 0 Å². The van der Waals surface area contributed by atoms with E-state index < -0.39 is 4.92 Å². The number of rotatable bonds is 7. The minimum atomic E-state index is -0.413. The number of nitrogens with one attached hydrogen (secondary N) is 1. The highest BCUT2D eigenvalue weighted by atomic mass is 16.6. The molecule has 1 aliphatic heterocycles. The van der Waals surface area contributed by atoms with Crippen LogP contribution in [0.15, 0.2) is 6.33 Å². The van der Waals surface area contributed by atoms with Gasteiger partial charge in [-0.1, -0.05) is 6.92 Å². The van der Waals surface area contributed by atoms with Crippen molar-refractivity contribution in [3.05, 3.63) is 16.4 Å². The maximum absolute atomic E-state index is 11.6. The van der Waals surface area contributed by atoms with E-state index in [1.54, 1.807) is 7.11 Å². The van der Waals surface area contributed by atoms with Crippen molar-refractivity contribution in [1.29, 1.82) is 0 Å². The monoisotopic (exact) mass is 324 g/mol. The number of piperazine rings is 1. The van der Waals surface area contributed by atoms with Crippen molar-refractivity contribution < 1.29 is 9.66 Å². The summed E-state index contributed by atoms with van der Waals surface area (Å²) in [6.07, 6.45) is 1.37. The van der Waals surface area contributed by atoms with Gasteiger partial charge in [-0.25, -0.2) is 9.97 Å². The molecule has 0 spiro atoms. The van der Waals surface area contributed by atoms with E-state index in [2.05, 4.69) is 27.1 Å². The van der Waals surface area contributed by atoms with Gasteiger partial charge in [0.2, 0.25) is 11.6 Å². The molecule has 2 heterocycles. The van der Waals surface area contributed by atoms with Crippen LogP contribution >= 0.6 is 0 Å². The van der Waals surface area contributed by atoms with Crippen LogP contribution in [0.25, 0.3) is 0 Å². The van der Waals surface area contributed by atoms with E-state index >= 15 is 0 Å². The average molecular weight is 324 g/mol. The number of aromatic nitrogens is 2. The van der Waals surface area contributed by atoms with E-state index in [4.69, 9.17) is 4.74 Å². The zero-order chi connectivity index (χ0) is 16.8. The third-order valence-corrected chi connectivity index (χ3v) is 3.90. The summed E-state index contributed by atoms with van der Waals surface area (Å²) in [6, 6.07) is -0.0848. The number of anilines is 2. The third kappa shape index (κ3) is 4.26. The summed E-state index contributed by atoms with van der Waals surface area (Å²) >= 11 is 0. The Bertz CT molecular complexity index is 533. The Morgan fingerprint density at radius 3 is 2.65 bits per heavy atom. The SMILES string of the molecule is CCN1CCN(c2ncnc(NC(C)COC)c2[N+](=O)[O-])CC1. The van der Waals surface area contributed by atoms with E-state index in [0.29, 0.717) is 12.4 Å². The molecule has 128 valence electrons. The number of nitro groups is 1. The van der Waals surface area contributed by atoms with Gasteiger partial charge < -0.3 is 19.9 Å². The fourth-order valence-electron chi connectivity index (χ4n) is 2.68. The smallest absolute Gasteiger partial charge is 0.353 e. The predicted molar refractivity (Wildman–Crippen MR) is 88.0 cm³/mol. The second kappa shape index (κ2) is 8.02. The number of hydrogen-bond donors (Lipinski definition) is 1. The number of ether oxygens (including phenoxy) is 1. The molecule has 9 heteroatoms. The minimum Gasteiger partial charge on any atom is -0.383 e. The topological polar surface area (TPSA) is 96.7 Å². The van der Waals surface area contributed by atoms with Gasteiger partial charge in [0.1, 0.15) is 6.33 Å². The van der Waals surface area contributed by atoms with E-state index in [9.17, 15) is 10.1 Å². The Balaban J connectivity index is 2.24. The lowest BCUT2D eigenvalue weighted by atomic mass is 10.3. The van der Waals surface area contributed by atoms with Crippen molar-refractivity contribution in [2.75, 3.05) is 56.7 Å². The number of methoxy groups -OCH3 is 1. The van der Waals surface area contributed by atoms with Gasteiger partial charge in [-0.05, 0) is 13.5 Å². The van der Waals surface area contributed by atoms with Crippen LogP contribution in [0.3, 0.4) is 0 Å². The molecule has 1 atom stereocenters. The molecule has 0 radical (unpaired) electrons. The summed E-state index contributed by atoms with van der Waals surface area (Å²) in [4.78, 5) is 23.6. The fourth-order valence-corrected chi connectivity index (χ4v) is 2.68. The molecule has 1 saturated heterocycles. The van der Waals surface area contributed by atoms with Gasteiger partial charge in [-0.2, -0.15) is 0 Å². The zero-order valence-electron chi connectivity index (χ0n) is 13.9. The Kier molecular flexibility index (Phi) is 6.05. The lowest BCUT2D eigenvalue weighted by Crippen LogP contribution is -2.46. The molecule has 0 aliphatic carbocycles. The first-order valence-electron chi connectivity index (χ1n) is 7.79. The largest absolute Gasteiger partial charge is 0.383 e. The van der Waals surface area contributed by atoms with Gasteiger partial charge >= 0.3 is 5.69 Å². The molecule has 1 unspecified atom stereocenters. The summed E-state index contributed by atoms with van der Waals surface area (Å²) in [5.41, 5.74) is -0.0691. The molecule has 0 saturated carbocycles. The second-order valence-corrected chi connectivity index (χ2v) is 5.57. The van der Waals surface area contributed by atoms with Crippen LogP contribution in [-0.2, 0) is 4.74 Å². The molecule has 1 N–H and O–H groups in total. The first-order chi connectivity index (χ1) is 11.1. The van der Waals surface area contributed by atoms with Gasteiger partial charge in [-0.3, -0.25) is 10.1 Å². The van der Waals surface area contributed by atoms with Gasteiger partial charge in [0.25, 0.3) is 0 Å². The Morgan fingerprint density at radius 2 is 2.09 bits per heavy atom. The average Bonchev–Trinajstić information content (AvgIpc) is 2.54. The molecular weight excluding hydrogens is 300 g/mol.